The summed E-state index contributed by atoms with van der Waals surface area (Å²) in [4.78, 5) is 0. The van der Waals surface area contributed by atoms with E-state index in [1.54, 1.807) is 22.9 Å². The number of nitrogens with one attached hydrogen (secondary N) is 1. The number of alkyl halides is 3. The molecule has 0 amide bonds. The van der Waals surface area contributed by atoms with Crippen molar-refractivity contribution >= 4 is 15.7 Å². The number of rotatable bonds is 6. The molecule has 1 aromatic carbocycles. The van der Waals surface area contributed by atoms with E-state index in [2.05, 4.69) is 0 Å². The summed E-state index contributed by atoms with van der Waals surface area (Å²) in [6.07, 6.45) is -5.04. The van der Waals surface area contributed by atoms with Crippen LogP contribution in [0.15, 0.2) is 24.3 Å². The third kappa shape index (κ3) is 4.01. The first-order valence-electron chi connectivity index (χ1n) is 6.20. The van der Waals surface area contributed by atoms with E-state index in [1.165, 1.54) is 6.07 Å². The molecule has 0 saturated heterocycles. The van der Waals surface area contributed by atoms with Gasteiger partial charge in [-0.25, -0.2) is 8.42 Å². The Morgan fingerprint density at radius 3 is 2.52 bits per heavy atom. The van der Waals surface area contributed by atoms with Crippen molar-refractivity contribution in [3.05, 3.63) is 24.3 Å². The Hall–Kier alpha value is -1.48. The Morgan fingerprint density at radius 1 is 1.33 bits per heavy atom. The summed E-state index contributed by atoms with van der Waals surface area (Å²) in [5.74, 6) is -0.193. The fourth-order valence-corrected chi connectivity index (χ4v) is 3.11. The SMILES string of the molecule is Nc1cccc(OCCS(=O)(=O)NC2(C(F)(F)F)CC2)c1. The minimum Gasteiger partial charge on any atom is -0.492 e. The van der Waals surface area contributed by atoms with Crippen LogP contribution < -0.4 is 15.2 Å². The lowest BCUT2D eigenvalue weighted by molar-refractivity contribution is -0.160. The minimum atomic E-state index is -4.57. The second-order valence-corrected chi connectivity index (χ2v) is 6.76. The van der Waals surface area contributed by atoms with Gasteiger partial charge < -0.3 is 10.5 Å². The summed E-state index contributed by atoms with van der Waals surface area (Å²) in [5, 5.41) is 0. The van der Waals surface area contributed by atoms with Crippen LogP contribution in [0.25, 0.3) is 0 Å². The van der Waals surface area contributed by atoms with Crippen LogP contribution in [0.1, 0.15) is 12.8 Å². The van der Waals surface area contributed by atoms with Crippen LogP contribution in [0, 0.1) is 0 Å². The van der Waals surface area contributed by atoms with E-state index in [-0.39, 0.29) is 19.4 Å². The van der Waals surface area contributed by atoms with Crippen LogP contribution in [0.3, 0.4) is 0 Å². The van der Waals surface area contributed by atoms with Gasteiger partial charge in [0.25, 0.3) is 0 Å². The fraction of sp³-hybridized carbons (Fsp3) is 0.500. The predicted molar refractivity (Wildman–Crippen MR) is 71.3 cm³/mol. The highest BCUT2D eigenvalue weighted by atomic mass is 32.2. The van der Waals surface area contributed by atoms with E-state index in [0.717, 1.165) is 0 Å². The number of ether oxygens (including phenoxy) is 1. The topological polar surface area (TPSA) is 81.4 Å². The van der Waals surface area contributed by atoms with E-state index < -0.39 is 27.5 Å². The second-order valence-electron chi connectivity index (χ2n) is 4.92. The van der Waals surface area contributed by atoms with E-state index in [0.29, 0.717) is 11.4 Å². The highest BCUT2D eigenvalue weighted by molar-refractivity contribution is 7.89. The van der Waals surface area contributed by atoms with Crippen LogP contribution in [0.5, 0.6) is 5.75 Å². The molecular weight excluding hydrogens is 309 g/mol. The molecule has 9 heteroatoms. The maximum atomic E-state index is 12.7. The van der Waals surface area contributed by atoms with Crippen molar-refractivity contribution in [2.45, 2.75) is 24.6 Å². The molecule has 0 unspecified atom stereocenters. The number of sulfonamides is 1. The van der Waals surface area contributed by atoms with Crippen molar-refractivity contribution in [2.75, 3.05) is 18.1 Å². The summed E-state index contributed by atoms with van der Waals surface area (Å²) >= 11 is 0. The third-order valence-corrected chi connectivity index (χ3v) is 4.53. The van der Waals surface area contributed by atoms with Gasteiger partial charge in [-0.05, 0) is 25.0 Å². The number of hydrogen-bond acceptors (Lipinski definition) is 4. The molecule has 0 spiro atoms. The van der Waals surface area contributed by atoms with Crippen LogP contribution in [-0.4, -0.2) is 32.5 Å². The fourth-order valence-electron chi connectivity index (χ4n) is 1.79. The zero-order valence-corrected chi connectivity index (χ0v) is 11.8. The monoisotopic (exact) mass is 324 g/mol. The Bertz CT molecular complexity index is 612. The first kappa shape index (κ1) is 15.9. The van der Waals surface area contributed by atoms with Gasteiger partial charge >= 0.3 is 6.18 Å². The molecule has 0 aromatic heterocycles. The molecule has 0 radical (unpaired) electrons. The van der Waals surface area contributed by atoms with Crippen molar-refractivity contribution in [1.29, 1.82) is 0 Å². The molecule has 0 bridgehead atoms. The molecule has 1 aliphatic carbocycles. The minimum absolute atomic E-state index is 0.230. The predicted octanol–water partition coefficient (Wildman–Crippen LogP) is 1.66. The first-order valence-corrected chi connectivity index (χ1v) is 7.86. The molecule has 0 aliphatic heterocycles. The maximum Gasteiger partial charge on any atom is 0.407 e. The van der Waals surface area contributed by atoms with Gasteiger partial charge in [0.2, 0.25) is 10.0 Å². The molecule has 1 fully saturated rings. The number of anilines is 1. The normalized spacial score (nSPS) is 17.5. The third-order valence-electron chi connectivity index (χ3n) is 3.12. The lowest BCUT2D eigenvalue weighted by atomic mass is 10.3. The van der Waals surface area contributed by atoms with Gasteiger partial charge in [-0.2, -0.15) is 17.9 Å². The summed E-state index contributed by atoms with van der Waals surface area (Å²) in [7, 11) is -4.07. The molecule has 21 heavy (non-hydrogen) atoms. The van der Waals surface area contributed by atoms with Crippen molar-refractivity contribution in [3.63, 3.8) is 0 Å². The van der Waals surface area contributed by atoms with Gasteiger partial charge in [-0.1, -0.05) is 6.07 Å². The van der Waals surface area contributed by atoms with Crippen molar-refractivity contribution in [3.8, 4) is 5.75 Å². The van der Waals surface area contributed by atoms with E-state index in [1.807, 2.05) is 0 Å². The van der Waals surface area contributed by atoms with Crippen LogP contribution in [0.2, 0.25) is 0 Å². The quantitative estimate of drug-likeness (QED) is 0.780. The Balaban J connectivity index is 1.88. The molecule has 0 heterocycles. The summed E-state index contributed by atoms with van der Waals surface area (Å²) < 4.78 is 68.3. The smallest absolute Gasteiger partial charge is 0.407 e. The Labute approximate surface area is 120 Å². The van der Waals surface area contributed by atoms with Gasteiger partial charge in [0.1, 0.15) is 17.9 Å². The molecule has 1 aliphatic rings. The molecule has 118 valence electrons. The number of nitrogen functional groups attached to an aromatic ring is 1. The molecule has 1 aromatic rings. The Kier molecular flexibility index (Phi) is 4.07. The summed E-state index contributed by atoms with van der Waals surface area (Å²) in [6.45, 7) is -0.257. The molecule has 2 rings (SSSR count). The van der Waals surface area contributed by atoms with E-state index in [4.69, 9.17) is 10.5 Å². The first-order chi connectivity index (χ1) is 9.64. The largest absolute Gasteiger partial charge is 0.492 e. The average molecular weight is 324 g/mol. The highest BCUT2D eigenvalue weighted by Gasteiger charge is 2.65. The zero-order chi connectivity index (χ0) is 15.7. The van der Waals surface area contributed by atoms with E-state index in [9.17, 15) is 21.6 Å². The summed E-state index contributed by atoms with van der Waals surface area (Å²) in [6, 6.07) is 6.33. The van der Waals surface area contributed by atoms with Crippen molar-refractivity contribution in [1.82, 2.24) is 4.72 Å². The second kappa shape index (κ2) is 5.38. The van der Waals surface area contributed by atoms with Crippen molar-refractivity contribution < 1.29 is 26.3 Å². The number of nitrogens with two attached hydrogens (primary N) is 1. The van der Waals surface area contributed by atoms with Crippen LogP contribution in [0.4, 0.5) is 18.9 Å². The maximum absolute atomic E-state index is 12.7. The van der Waals surface area contributed by atoms with Gasteiger partial charge in [0, 0.05) is 11.8 Å². The summed E-state index contributed by atoms with van der Waals surface area (Å²) in [5.41, 5.74) is 3.68. The average Bonchev–Trinajstić information content (AvgIpc) is 3.08. The lowest BCUT2D eigenvalue weighted by Crippen LogP contribution is -2.48. The van der Waals surface area contributed by atoms with Crippen molar-refractivity contribution in [2.24, 2.45) is 0 Å². The molecule has 1 saturated carbocycles. The van der Waals surface area contributed by atoms with Gasteiger partial charge in [0.05, 0.1) is 5.75 Å². The number of halogens is 3. The van der Waals surface area contributed by atoms with Crippen LogP contribution >= 0.6 is 0 Å². The lowest BCUT2D eigenvalue weighted by Gasteiger charge is -2.20. The van der Waals surface area contributed by atoms with E-state index >= 15 is 0 Å². The number of benzene rings is 1. The molecule has 5 nitrogen and oxygen atoms in total. The van der Waals surface area contributed by atoms with Crippen LogP contribution in [-0.2, 0) is 10.0 Å². The standard InChI is InChI=1S/C12H15F3N2O3S/c13-12(14,15)11(4-5-11)17-21(18,19)7-6-20-10-3-1-2-9(16)8-10/h1-3,8,17H,4-7,16H2. The molecule has 3 N–H and O–H groups in total. The zero-order valence-electron chi connectivity index (χ0n) is 11.0. The number of hydrogen-bond donors (Lipinski definition) is 2. The Morgan fingerprint density at radius 2 is 2.00 bits per heavy atom. The highest BCUT2D eigenvalue weighted by Crippen LogP contribution is 2.49. The molecular formula is C12H15F3N2O3S. The van der Waals surface area contributed by atoms with Gasteiger partial charge in [-0.15, -0.1) is 0 Å². The molecule has 0 atom stereocenters. The van der Waals surface area contributed by atoms with Gasteiger partial charge in [0.15, 0.2) is 0 Å². The van der Waals surface area contributed by atoms with Gasteiger partial charge in [-0.3, -0.25) is 0 Å².